The van der Waals surface area contributed by atoms with E-state index in [1.165, 1.54) is 193 Å². The highest BCUT2D eigenvalue weighted by Crippen LogP contribution is 2.45. The lowest BCUT2D eigenvalue weighted by Crippen LogP contribution is -2.30. The lowest BCUT2D eigenvalue weighted by molar-refractivity contribution is -0.161. The molecular weight excluding hydrogens is 1250 g/mol. The van der Waals surface area contributed by atoms with Crippen LogP contribution in [-0.4, -0.2) is 96.7 Å². The molecule has 0 aromatic heterocycles. The van der Waals surface area contributed by atoms with Crippen molar-refractivity contribution < 1.29 is 80.2 Å². The Morgan fingerprint density at radius 3 is 0.800 bits per heavy atom. The van der Waals surface area contributed by atoms with Crippen LogP contribution in [0.1, 0.15) is 389 Å². The van der Waals surface area contributed by atoms with Gasteiger partial charge in [-0.15, -0.1) is 0 Å². The summed E-state index contributed by atoms with van der Waals surface area (Å²) in [6.07, 6.45) is 52.7. The number of carbonyl (C=O) groups excluding carboxylic acids is 4. The molecular formula is C76H148O17P2. The lowest BCUT2D eigenvalue weighted by atomic mass is 9.99. The average molecular weight is 1400 g/mol. The van der Waals surface area contributed by atoms with E-state index < -0.39 is 97.5 Å². The first-order valence-corrected chi connectivity index (χ1v) is 42.4. The minimum absolute atomic E-state index is 0.106. The molecule has 0 saturated carbocycles. The molecule has 0 spiro atoms. The molecule has 19 heteroatoms. The number of phosphoric ester groups is 2. The number of hydrogen-bond donors (Lipinski definition) is 3. The monoisotopic (exact) mass is 1400 g/mol. The van der Waals surface area contributed by atoms with E-state index in [0.29, 0.717) is 31.6 Å². The van der Waals surface area contributed by atoms with E-state index in [4.69, 9.17) is 37.0 Å². The van der Waals surface area contributed by atoms with Crippen molar-refractivity contribution in [2.24, 2.45) is 17.8 Å². The zero-order chi connectivity index (χ0) is 70.1. The van der Waals surface area contributed by atoms with Crippen molar-refractivity contribution in [3.63, 3.8) is 0 Å². The molecule has 0 saturated heterocycles. The Morgan fingerprint density at radius 1 is 0.305 bits per heavy atom. The first-order chi connectivity index (χ1) is 45.8. The first kappa shape index (κ1) is 93.1. The van der Waals surface area contributed by atoms with Gasteiger partial charge in [-0.05, 0) is 43.4 Å². The molecule has 0 fully saturated rings. The van der Waals surface area contributed by atoms with E-state index in [2.05, 4.69) is 48.5 Å². The molecule has 3 unspecified atom stereocenters. The van der Waals surface area contributed by atoms with Crippen LogP contribution >= 0.6 is 15.6 Å². The summed E-state index contributed by atoms with van der Waals surface area (Å²) in [5.41, 5.74) is 0. The number of aliphatic hydroxyl groups is 1. The Hall–Kier alpha value is -1.94. The summed E-state index contributed by atoms with van der Waals surface area (Å²) in [6, 6.07) is 0. The fraction of sp³-hybridized carbons (Fsp3) is 0.947. The topological polar surface area (TPSA) is 237 Å². The molecule has 564 valence electrons. The Labute approximate surface area is 581 Å². The summed E-state index contributed by atoms with van der Waals surface area (Å²) >= 11 is 0. The fourth-order valence-electron chi connectivity index (χ4n) is 11.6. The third-order valence-corrected chi connectivity index (χ3v) is 19.9. The molecule has 0 radical (unpaired) electrons. The number of esters is 4. The van der Waals surface area contributed by atoms with Gasteiger partial charge in [-0.2, -0.15) is 0 Å². The number of carbonyl (C=O) groups is 4. The molecule has 0 aliphatic carbocycles. The summed E-state index contributed by atoms with van der Waals surface area (Å²) < 4.78 is 68.5. The number of hydrogen-bond acceptors (Lipinski definition) is 15. The van der Waals surface area contributed by atoms with Gasteiger partial charge >= 0.3 is 39.5 Å². The van der Waals surface area contributed by atoms with Gasteiger partial charge < -0.3 is 33.8 Å². The second-order valence-corrected chi connectivity index (χ2v) is 31.5. The highest BCUT2D eigenvalue weighted by molar-refractivity contribution is 7.47. The zero-order valence-corrected chi connectivity index (χ0v) is 63.9. The van der Waals surface area contributed by atoms with E-state index in [1.54, 1.807) is 0 Å². The number of aliphatic hydroxyl groups excluding tert-OH is 1. The van der Waals surface area contributed by atoms with Crippen molar-refractivity contribution in [3.05, 3.63) is 0 Å². The number of phosphoric acid groups is 2. The maximum atomic E-state index is 13.1. The van der Waals surface area contributed by atoms with Gasteiger partial charge in [-0.3, -0.25) is 37.3 Å². The van der Waals surface area contributed by atoms with Crippen LogP contribution in [0.4, 0.5) is 0 Å². The van der Waals surface area contributed by atoms with Gasteiger partial charge in [-0.1, -0.05) is 337 Å². The van der Waals surface area contributed by atoms with Gasteiger partial charge in [0.25, 0.3) is 0 Å². The number of unbranched alkanes of at least 4 members (excludes halogenated alkanes) is 41. The predicted octanol–water partition coefficient (Wildman–Crippen LogP) is 22.2. The quantitative estimate of drug-likeness (QED) is 0.0222. The van der Waals surface area contributed by atoms with Crippen LogP contribution in [0.5, 0.6) is 0 Å². The van der Waals surface area contributed by atoms with Gasteiger partial charge in [0.15, 0.2) is 12.2 Å². The van der Waals surface area contributed by atoms with Crippen LogP contribution in [0, 0.1) is 17.8 Å². The summed E-state index contributed by atoms with van der Waals surface area (Å²) in [4.78, 5) is 72.8. The molecule has 6 atom stereocenters. The Kier molecular flexibility index (Phi) is 65.2. The van der Waals surface area contributed by atoms with Crippen molar-refractivity contribution in [3.8, 4) is 0 Å². The molecule has 0 aliphatic rings. The van der Waals surface area contributed by atoms with E-state index in [9.17, 15) is 43.2 Å². The molecule has 0 rings (SSSR count). The summed E-state index contributed by atoms with van der Waals surface area (Å²) in [6.45, 7) is 11.9. The second-order valence-electron chi connectivity index (χ2n) is 28.6. The van der Waals surface area contributed by atoms with E-state index in [1.807, 2.05) is 0 Å². The van der Waals surface area contributed by atoms with Crippen LogP contribution in [0.2, 0.25) is 0 Å². The Balaban J connectivity index is 5.24. The third-order valence-electron chi connectivity index (χ3n) is 18.0. The van der Waals surface area contributed by atoms with Gasteiger partial charge in [0.2, 0.25) is 0 Å². The molecule has 17 nitrogen and oxygen atoms in total. The van der Waals surface area contributed by atoms with Crippen LogP contribution in [-0.2, 0) is 65.4 Å². The number of rotatable bonds is 74. The third kappa shape index (κ3) is 69.0. The van der Waals surface area contributed by atoms with Crippen molar-refractivity contribution in [2.75, 3.05) is 39.6 Å². The van der Waals surface area contributed by atoms with Crippen LogP contribution in [0.25, 0.3) is 0 Å². The van der Waals surface area contributed by atoms with Crippen molar-refractivity contribution >= 4 is 39.5 Å². The van der Waals surface area contributed by atoms with Gasteiger partial charge in [-0.25, -0.2) is 9.13 Å². The maximum absolute atomic E-state index is 13.1. The van der Waals surface area contributed by atoms with Crippen molar-refractivity contribution in [1.82, 2.24) is 0 Å². The van der Waals surface area contributed by atoms with Crippen LogP contribution in [0.3, 0.4) is 0 Å². The highest BCUT2D eigenvalue weighted by Gasteiger charge is 2.30. The minimum Gasteiger partial charge on any atom is -0.462 e. The number of ether oxygens (including phenoxy) is 4. The van der Waals surface area contributed by atoms with Gasteiger partial charge in [0.1, 0.15) is 19.3 Å². The fourth-order valence-corrected chi connectivity index (χ4v) is 13.1. The van der Waals surface area contributed by atoms with Crippen molar-refractivity contribution in [1.29, 1.82) is 0 Å². The standard InChI is InChI=1S/C76H148O17P2/c1-8-10-11-12-13-14-15-23-30-37-45-52-59-75(80)93-72(64-87-74(79)58-51-44-39-32-34-41-48-55-68(5)6)66-91-95(84,85)89-62-70(77)61-88-94(82,83)90-65-71(63-86-73(78)57-50-43-36-29-26-25-28-35-42-49-56-69(7)9-2)92-76(81)60-53-46-38-31-24-21-19-17-16-18-20-22-27-33-40-47-54-67(3)4/h67-72,77H,8-66H2,1-7H3,(H,82,83)(H,84,85)/t69?,70-,71-,72-/m1/s1. The van der Waals surface area contributed by atoms with Crippen LogP contribution in [0.15, 0.2) is 0 Å². The molecule has 0 bridgehead atoms. The maximum Gasteiger partial charge on any atom is 0.472 e. The van der Waals surface area contributed by atoms with Gasteiger partial charge in [0.05, 0.1) is 26.4 Å². The largest absolute Gasteiger partial charge is 0.472 e. The van der Waals surface area contributed by atoms with E-state index in [-0.39, 0.29) is 25.7 Å². The molecule has 0 heterocycles. The van der Waals surface area contributed by atoms with Crippen LogP contribution < -0.4 is 0 Å². The van der Waals surface area contributed by atoms with Crippen molar-refractivity contribution in [2.45, 2.75) is 407 Å². The summed E-state index contributed by atoms with van der Waals surface area (Å²) in [7, 11) is -9.91. The Morgan fingerprint density at radius 2 is 0.537 bits per heavy atom. The highest BCUT2D eigenvalue weighted by atomic mass is 31.2. The smallest absolute Gasteiger partial charge is 0.462 e. The van der Waals surface area contributed by atoms with E-state index >= 15 is 0 Å². The zero-order valence-electron chi connectivity index (χ0n) is 62.1. The molecule has 0 aliphatic heterocycles. The summed E-state index contributed by atoms with van der Waals surface area (Å²) in [5.74, 6) is 0.206. The predicted molar refractivity (Wildman–Crippen MR) is 386 cm³/mol. The molecule has 0 amide bonds. The van der Waals surface area contributed by atoms with Gasteiger partial charge in [0, 0.05) is 25.7 Å². The second kappa shape index (κ2) is 66.6. The average Bonchev–Trinajstić information content (AvgIpc) is 1.62. The molecule has 0 aromatic rings. The normalized spacial score (nSPS) is 14.4. The summed E-state index contributed by atoms with van der Waals surface area (Å²) in [5, 5.41) is 10.6. The molecule has 95 heavy (non-hydrogen) atoms. The van der Waals surface area contributed by atoms with E-state index in [0.717, 1.165) is 108 Å². The molecule has 0 aromatic carbocycles. The molecule has 3 N–H and O–H groups in total. The SMILES string of the molecule is CCCCCCCCCCCCCCC(=O)O[C@H](COC(=O)CCCCCCCCCC(C)C)COP(=O)(O)OC[C@H](O)COP(=O)(O)OC[C@@H](COC(=O)CCCCCCCCCCCCC(C)CC)OC(=O)CCCCCCCCCCCCCCCCCCC(C)C. The lowest BCUT2D eigenvalue weighted by Gasteiger charge is -2.21. The first-order valence-electron chi connectivity index (χ1n) is 39.4. The minimum atomic E-state index is -4.96. The Bertz CT molecular complexity index is 1850.